The van der Waals surface area contributed by atoms with Crippen molar-refractivity contribution in [2.45, 2.75) is 37.6 Å². The Kier molecular flexibility index (Phi) is 5.41. The Morgan fingerprint density at radius 1 is 1.03 bits per heavy atom. The lowest BCUT2D eigenvalue weighted by molar-refractivity contribution is -0.117. The Morgan fingerprint density at radius 3 is 2.64 bits per heavy atom. The van der Waals surface area contributed by atoms with Gasteiger partial charge >= 0.3 is 0 Å². The fourth-order valence-electron chi connectivity index (χ4n) is 4.33. The molecule has 0 bridgehead atoms. The molecule has 2 amide bonds. The number of fused-ring (bicyclic) bond motifs is 1. The second-order valence-electron chi connectivity index (χ2n) is 9.54. The first kappa shape index (κ1) is 22.2. The first-order valence-electron chi connectivity index (χ1n) is 12.1. The van der Waals surface area contributed by atoms with Crippen molar-refractivity contribution in [1.29, 1.82) is 0 Å². The number of nitrogens with zero attached hydrogens (tertiary/aromatic N) is 3. The summed E-state index contributed by atoms with van der Waals surface area (Å²) in [5.74, 6) is 1.21. The zero-order valence-corrected chi connectivity index (χ0v) is 19.6. The van der Waals surface area contributed by atoms with Crippen LogP contribution in [0.2, 0.25) is 0 Å². The molecule has 36 heavy (non-hydrogen) atoms. The number of benzene rings is 2. The number of imidazole rings is 1. The topological polar surface area (TPSA) is 124 Å². The van der Waals surface area contributed by atoms with Crippen LogP contribution in [0.4, 0.5) is 11.5 Å². The Morgan fingerprint density at radius 2 is 1.86 bits per heavy atom. The van der Waals surface area contributed by atoms with Crippen LogP contribution >= 0.6 is 0 Å². The number of hydrogen-bond acceptors (Lipinski definition) is 6. The fourth-order valence-corrected chi connectivity index (χ4v) is 4.33. The molecule has 2 aliphatic rings. The summed E-state index contributed by atoms with van der Waals surface area (Å²) in [6, 6.07) is 18.1. The van der Waals surface area contributed by atoms with Gasteiger partial charge < -0.3 is 21.1 Å². The number of nitrogens with two attached hydrogens (primary N) is 1. The second-order valence-corrected chi connectivity index (χ2v) is 9.54. The Balaban J connectivity index is 1.14. The van der Waals surface area contributed by atoms with E-state index in [1.54, 1.807) is 53.2 Å². The summed E-state index contributed by atoms with van der Waals surface area (Å²) in [4.78, 5) is 29.3. The van der Waals surface area contributed by atoms with Crippen LogP contribution in [0.1, 0.15) is 48.0 Å². The van der Waals surface area contributed by atoms with Gasteiger partial charge in [-0.3, -0.25) is 9.59 Å². The maximum atomic E-state index is 12.9. The van der Waals surface area contributed by atoms with Crippen molar-refractivity contribution in [3.8, 4) is 11.6 Å². The Bertz CT molecular complexity index is 1470. The highest BCUT2D eigenvalue weighted by molar-refractivity contribution is 6.04. The summed E-state index contributed by atoms with van der Waals surface area (Å²) >= 11 is 0. The van der Waals surface area contributed by atoms with E-state index in [9.17, 15) is 9.59 Å². The number of rotatable bonds is 7. The summed E-state index contributed by atoms with van der Waals surface area (Å²) in [6.07, 6.45) is 6.49. The second kappa shape index (κ2) is 8.76. The SMILES string of the molecule is NC1(c2cccc(C(=O)Nc3cccc(Oc4ccc5nc(NC(=O)C6CC6)cn5n4)c3)c2)CCC1. The average Bonchev–Trinajstić information content (AvgIpc) is 3.63. The van der Waals surface area contributed by atoms with E-state index in [4.69, 9.17) is 10.5 Å². The Labute approximate surface area is 207 Å². The first-order valence-corrected chi connectivity index (χ1v) is 12.1. The first-order chi connectivity index (χ1) is 17.4. The van der Waals surface area contributed by atoms with Crippen LogP contribution in [0.25, 0.3) is 5.65 Å². The van der Waals surface area contributed by atoms with E-state index in [0.29, 0.717) is 34.3 Å². The summed E-state index contributed by atoms with van der Waals surface area (Å²) < 4.78 is 7.48. The van der Waals surface area contributed by atoms with Crippen molar-refractivity contribution in [1.82, 2.24) is 14.6 Å². The van der Waals surface area contributed by atoms with Gasteiger partial charge in [-0.2, -0.15) is 0 Å². The molecule has 0 unspecified atom stereocenters. The zero-order valence-electron chi connectivity index (χ0n) is 19.6. The van der Waals surface area contributed by atoms with E-state index in [-0.39, 0.29) is 23.3 Å². The molecule has 2 saturated carbocycles. The summed E-state index contributed by atoms with van der Waals surface area (Å²) in [6.45, 7) is 0. The van der Waals surface area contributed by atoms with E-state index in [2.05, 4.69) is 20.7 Å². The Hall–Kier alpha value is -4.24. The minimum absolute atomic E-state index is 0.00830. The van der Waals surface area contributed by atoms with Gasteiger partial charge in [0.05, 0.1) is 6.20 Å². The van der Waals surface area contributed by atoms with E-state index >= 15 is 0 Å². The number of hydrogen-bond donors (Lipinski definition) is 3. The molecule has 0 atom stereocenters. The molecule has 6 rings (SSSR count). The van der Waals surface area contributed by atoms with Crippen molar-refractivity contribution in [2.75, 3.05) is 10.6 Å². The van der Waals surface area contributed by atoms with E-state index in [1.165, 1.54) is 0 Å². The van der Waals surface area contributed by atoms with Gasteiger partial charge in [-0.05, 0) is 68.0 Å². The number of nitrogens with one attached hydrogen (secondary N) is 2. The molecule has 9 heteroatoms. The highest BCUT2D eigenvalue weighted by atomic mass is 16.5. The molecule has 2 fully saturated rings. The summed E-state index contributed by atoms with van der Waals surface area (Å²) in [5.41, 5.74) is 8.86. The molecule has 9 nitrogen and oxygen atoms in total. The van der Waals surface area contributed by atoms with Crippen molar-refractivity contribution in [3.05, 3.63) is 78.0 Å². The largest absolute Gasteiger partial charge is 0.438 e. The van der Waals surface area contributed by atoms with Crippen molar-refractivity contribution in [3.63, 3.8) is 0 Å². The predicted molar refractivity (Wildman–Crippen MR) is 135 cm³/mol. The molecule has 182 valence electrons. The molecule has 0 aliphatic heterocycles. The van der Waals surface area contributed by atoms with Gasteiger partial charge in [0.2, 0.25) is 11.8 Å². The number of amides is 2. The van der Waals surface area contributed by atoms with Crippen molar-refractivity contribution < 1.29 is 14.3 Å². The van der Waals surface area contributed by atoms with Gasteiger partial charge in [-0.1, -0.05) is 18.2 Å². The van der Waals surface area contributed by atoms with Crippen molar-refractivity contribution in [2.24, 2.45) is 11.7 Å². The molecular weight excluding hydrogens is 456 g/mol. The number of aromatic nitrogens is 3. The summed E-state index contributed by atoms with van der Waals surface area (Å²) in [5, 5.41) is 10.2. The lowest BCUT2D eigenvalue weighted by Crippen LogP contribution is -2.43. The summed E-state index contributed by atoms with van der Waals surface area (Å²) in [7, 11) is 0. The highest BCUT2D eigenvalue weighted by Gasteiger charge is 2.34. The fraction of sp³-hybridized carbons (Fsp3) is 0.259. The number of carbonyl (C=O) groups is 2. The molecular formula is C27H26N6O3. The third-order valence-corrected chi connectivity index (χ3v) is 6.75. The number of ether oxygens (including phenoxy) is 1. The van der Waals surface area contributed by atoms with Gasteiger partial charge in [-0.25, -0.2) is 9.50 Å². The molecule has 2 aliphatic carbocycles. The molecule has 0 radical (unpaired) electrons. The molecule has 4 N–H and O–H groups in total. The van der Waals surface area contributed by atoms with Crippen LogP contribution in [-0.2, 0) is 10.3 Å². The number of anilines is 2. The minimum Gasteiger partial charge on any atom is -0.438 e. The smallest absolute Gasteiger partial charge is 0.255 e. The van der Waals surface area contributed by atoms with Gasteiger partial charge in [-0.15, -0.1) is 5.10 Å². The van der Waals surface area contributed by atoms with E-state index in [0.717, 1.165) is 37.7 Å². The number of carbonyl (C=O) groups excluding carboxylic acids is 2. The van der Waals surface area contributed by atoms with Crippen LogP contribution in [0, 0.1) is 5.92 Å². The van der Waals surface area contributed by atoms with Gasteiger partial charge in [0.25, 0.3) is 5.91 Å². The van der Waals surface area contributed by atoms with Crippen LogP contribution in [0.5, 0.6) is 11.6 Å². The maximum Gasteiger partial charge on any atom is 0.255 e. The van der Waals surface area contributed by atoms with Gasteiger partial charge in [0.1, 0.15) is 5.75 Å². The van der Waals surface area contributed by atoms with Crippen LogP contribution in [0.15, 0.2) is 66.9 Å². The van der Waals surface area contributed by atoms with Gasteiger partial charge in [0, 0.05) is 34.8 Å². The molecule has 0 saturated heterocycles. The zero-order chi connectivity index (χ0) is 24.7. The highest BCUT2D eigenvalue weighted by Crippen LogP contribution is 2.38. The molecule has 2 aromatic heterocycles. The van der Waals surface area contributed by atoms with Crippen LogP contribution in [-0.4, -0.2) is 26.4 Å². The molecule has 2 aromatic carbocycles. The minimum atomic E-state index is -0.322. The van der Waals surface area contributed by atoms with Crippen LogP contribution < -0.4 is 21.1 Å². The van der Waals surface area contributed by atoms with E-state index < -0.39 is 0 Å². The maximum absolute atomic E-state index is 12.9. The van der Waals surface area contributed by atoms with Crippen molar-refractivity contribution >= 4 is 29.0 Å². The lowest BCUT2D eigenvalue weighted by Gasteiger charge is -2.38. The van der Waals surface area contributed by atoms with Gasteiger partial charge in [0.15, 0.2) is 11.5 Å². The normalized spacial score (nSPS) is 16.2. The third kappa shape index (κ3) is 4.52. The average molecular weight is 483 g/mol. The predicted octanol–water partition coefficient (Wildman–Crippen LogP) is 4.46. The van der Waals surface area contributed by atoms with Crippen LogP contribution in [0.3, 0.4) is 0 Å². The molecule has 4 aromatic rings. The monoisotopic (exact) mass is 482 g/mol. The third-order valence-electron chi connectivity index (χ3n) is 6.75. The standard InChI is InChI=1S/C27H26N6O3/c28-27(12-3-13-27)19-5-1-4-18(14-19)26(35)29-20-6-2-7-21(15-20)36-24-11-10-23-30-22(16-33(23)32-24)31-25(34)17-8-9-17/h1-2,4-7,10-11,14-17H,3,8-9,12-13,28H2,(H,29,35)(H,31,34). The molecule has 0 spiro atoms. The van der Waals surface area contributed by atoms with E-state index in [1.807, 2.05) is 18.2 Å². The molecule has 2 heterocycles. The lowest BCUT2D eigenvalue weighted by atomic mass is 9.72. The quantitative estimate of drug-likeness (QED) is 0.357.